The molecule has 0 aliphatic rings. The van der Waals surface area contributed by atoms with E-state index in [1.54, 1.807) is 12.2 Å². The van der Waals surface area contributed by atoms with E-state index >= 15 is 0 Å². The summed E-state index contributed by atoms with van der Waals surface area (Å²) in [6, 6.07) is 0. The van der Waals surface area contributed by atoms with Crippen LogP contribution in [0.4, 0.5) is 0 Å². The highest BCUT2D eigenvalue weighted by molar-refractivity contribution is 4.62. The van der Waals surface area contributed by atoms with E-state index in [1.807, 2.05) is 0 Å². The zero-order valence-electron chi connectivity index (χ0n) is 8.19. The van der Waals surface area contributed by atoms with E-state index < -0.39 is 0 Å². The Balaban J connectivity index is 0. The highest BCUT2D eigenvalue weighted by Crippen LogP contribution is 1.76. The van der Waals surface area contributed by atoms with Crippen molar-refractivity contribution in [3.63, 3.8) is 0 Å². The fourth-order valence-electron chi connectivity index (χ4n) is 0.271. The summed E-state index contributed by atoms with van der Waals surface area (Å²) in [6.45, 7) is 14.1. The molecular formula is C10H16O4. The third-order valence-corrected chi connectivity index (χ3v) is 0.644. The Hall–Kier alpha value is -1.52. The third kappa shape index (κ3) is 22.4. The highest BCUT2D eigenvalue weighted by atomic mass is 17.2. The Morgan fingerprint density at radius 1 is 0.714 bits per heavy atom. The van der Waals surface area contributed by atoms with Gasteiger partial charge in [-0.3, -0.25) is 0 Å². The molecule has 0 aromatic rings. The van der Waals surface area contributed by atoms with Gasteiger partial charge in [0.25, 0.3) is 0 Å². The second-order valence-electron chi connectivity index (χ2n) is 1.67. The molecule has 0 spiro atoms. The molecule has 0 atom stereocenters. The van der Waals surface area contributed by atoms with Crippen molar-refractivity contribution in [1.29, 1.82) is 0 Å². The molecule has 0 aliphatic heterocycles. The molecule has 0 fully saturated rings. The molecule has 0 amide bonds. The molecule has 0 aromatic heterocycles. The average Bonchev–Trinajstić information content (AvgIpc) is 2.21. The van der Waals surface area contributed by atoms with Crippen LogP contribution in [-0.4, -0.2) is 13.2 Å². The fourth-order valence-corrected chi connectivity index (χ4v) is 0.271. The zero-order chi connectivity index (χ0) is 11.1. The predicted molar refractivity (Wildman–Crippen MR) is 54.9 cm³/mol. The lowest BCUT2D eigenvalue weighted by Gasteiger charge is -1.91. The van der Waals surface area contributed by atoms with Crippen molar-refractivity contribution < 1.29 is 19.6 Å². The third-order valence-electron chi connectivity index (χ3n) is 0.644. The highest BCUT2D eigenvalue weighted by Gasteiger charge is 1.71. The van der Waals surface area contributed by atoms with E-state index in [0.717, 1.165) is 0 Å². The Kier molecular flexibility index (Phi) is 18.8. The lowest BCUT2D eigenvalue weighted by molar-refractivity contribution is -0.238. The summed E-state index contributed by atoms with van der Waals surface area (Å²) in [7, 11) is 0. The van der Waals surface area contributed by atoms with Gasteiger partial charge in [-0.1, -0.05) is 25.3 Å². The molecule has 0 heterocycles. The first kappa shape index (κ1) is 15.0. The summed E-state index contributed by atoms with van der Waals surface area (Å²) >= 11 is 0. The smallest absolute Gasteiger partial charge is 0.122 e. The molecule has 14 heavy (non-hydrogen) atoms. The Labute approximate surface area is 84.6 Å². The molecule has 0 N–H and O–H groups in total. The van der Waals surface area contributed by atoms with Crippen LogP contribution in [-0.2, 0) is 19.6 Å². The first-order valence-corrected chi connectivity index (χ1v) is 3.83. The minimum atomic E-state index is 0.395. The number of hydrogen-bond acceptors (Lipinski definition) is 4. The Morgan fingerprint density at radius 3 is 1.29 bits per heavy atom. The van der Waals surface area contributed by atoms with Gasteiger partial charge >= 0.3 is 0 Å². The van der Waals surface area contributed by atoms with Crippen LogP contribution in [0.1, 0.15) is 0 Å². The minimum absolute atomic E-state index is 0.395. The molecule has 0 aromatic carbocycles. The molecule has 80 valence electrons. The minimum Gasteiger partial charge on any atom is -0.346 e. The topological polar surface area (TPSA) is 36.9 Å². The second-order valence-corrected chi connectivity index (χ2v) is 1.67. The van der Waals surface area contributed by atoms with Crippen molar-refractivity contribution in [1.82, 2.24) is 0 Å². The predicted octanol–water partition coefficient (Wildman–Crippen LogP) is 2.53. The molecule has 4 heteroatoms. The monoisotopic (exact) mass is 200 g/mol. The van der Waals surface area contributed by atoms with Gasteiger partial charge in [-0.05, 0) is 0 Å². The van der Waals surface area contributed by atoms with Gasteiger partial charge in [0.2, 0.25) is 0 Å². The van der Waals surface area contributed by atoms with E-state index in [2.05, 4.69) is 45.9 Å². The second kappa shape index (κ2) is 17.5. The first-order chi connectivity index (χ1) is 6.83. The molecular weight excluding hydrogens is 184 g/mol. The summed E-state index contributed by atoms with van der Waals surface area (Å²) in [5.41, 5.74) is 0. The maximum atomic E-state index is 4.40. The molecule has 0 radical (unpaired) electrons. The van der Waals surface area contributed by atoms with Gasteiger partial charge in [0.1, 0.15) is 25.7 Å². The van der Waals surface area contributed by atoms with Crippen molar-refractivity contribution in [3.8, 4) is 0 Å². The van der Waals surface area contributed by atoms with Gasteiger partial charge in [0, 0.05) is 0 Å². The maximum absolute atomic E-state index is 4.40. The summed E-state index contributed by atoms with van der Waals surface area (Å²) in [6.07, 6.45) is 5.60. The van der Waals surface area contributed by atoms with Gasteiger partial charge < -0.3 is 9.78 Å². The Morgan fingerprint density at radius 2 is 1.07 bits per heavy atom. The summed E-state index contributed by atoms with van der Waals surface area (Å²) in [4.78, 5) is 17.3. The number of hydrogen-bond donors (Lipinski definition) is 0. The van der Waals surface area contributed by atoms with Crippen molar-refractivity contribution in [2.45, 2.75) is 0 Å². The van der Waals surface area contributed by atoms with Gasteiger partial charge in [-0.2, -0.15) is 9.78 Å². The van der Waals surface area contributed by atoms with Gasteiger partial charge in [-0.25, -0.2) is 0 Å². The molecule has 0 saturated carbocycles. The molecule has 0 rings (SSSR count). The van der Waals surface area contributed by atoms with E-state index in [1.165, 1.54) is 12.5 Å². The van der Waals surface area contributed by atoms with Crippen LogP contribution in [0.25, 0.3) is 0 Å². The van der Waals surface area contributed by atoms with E-state index in [9.17, 15) is 0 Å². The standard InChI is InChI=1S/2C5H8O2/c2*1-3-5-7-6-4-2/h2*3-4H,1-2,5H2. The molecule has 4 nitrogen and oxygen atoms in total. The fraction of sp³-hybridized carbons (Fsp3) is 0.200. The largest absolute Gasteiger partial charge is 0.346 e. The molecule has 0 bridgehead atoms. The van der Waals surface area contributed by atoms with Crippen LogP contribution in [0.5, 0.6) is 0 Å². The number of rotatable bonds is 8. The molecule has 0 saturated heterocycles. The van der Waals surface area contributed by atoms with Crippen molar-refractivity contribution in [2.75, 3.05) is 13.2 Å². The van der Waals surface area contributed by atoms with E-state index in [-0.39, 0.29) is 0 Å². The average molecular weight is 200 g/mol. The van der Waals surface area contributed by atoms with Gasteiger partial charge in [0.15, 0.2) is 0 Å². The van der Waals surface area contributed by atoms with E-state index in [4.69, 9.17) is 0 Å². The SMILES string of the molecule is C=CCOOC=C.C=CCOOC=C. The van der Waals surface area contributed by atoms with Crippen molar-refractivity contribution in [3.05, 3.63) is 51.0 Å². The van der Waals surface area contributed by atoms with Crippen molar-refractivity contribution in [2.24, 2.45) is 0 Å². The van der Waals surface area contributed by atoms with E-state index in [0.29, 0.717) is 13.2 Å². The maximum Gasteiger partial charge on any atom is 0.122 e. The van der Waals surface area contributed by atoms with Crippen LogP contribution >= 0.6 is 0 Å². The van der Waals surface area contributed by atoms with Crippen LogP contribution < -0.4 is 0 Å². The quantitative estimate of drug-likeness (QED) is 0.198. The zero-order valence-corrected chi connectivity index (χ0v) is 8.19. The van der Waals surface area contributed by atoms with Gasteiger partial charge in [-0.15, -0.1) is 13.2 Å². The summed E-state index contributed by atoms with van der Waals surface area (Å²) in [5.74, 6) is 0. The van der Waals surface area contributed by atoms with Crippen LogP contribution in [0.3, 0.4) is 0 Å². The van der Waals surface area contributed by atoms with Gasteiger partial charge in [0.05, 0.1) is 0 Å². The lowest BCUT2D eigenvalue weighted by atomic mass is 10.7. The molecule has 0 aliphatic carbocycles. The summed E-state index contributed by atoms with van der Waals surface area (Å²) < 4.78 is 0. The van der Waals surface area contributed by atoms with Crippen molar-refractivity contribution >= 4 is 0 Å². The van der Waals surface area contributed by atoms with Crippen LogP contribution in [0.2, 0.25) is 0 Å². The normalized spacial score (nSPS) is 7.43. The lowest BCUT2D eigenvalue weighted by Crippen LogP contribution is -1.84. The Bertz CT molecular complexity index is 120. The molecule has 0 unspecified atom stereocenters. The first-order valence-electron chi connectivity index (χ1n) is 3.83. The van der Waals surface area contributed by atoms with Crippen LogP contribution in [0, 0.1) is 0 Å². The summed E-state index contributed by atoms with van der Waals surface area (Å²) in [5, 5.41) is 0. The van der Waals surface area contributed by atoms with Crippen LogP contribution in [0.15, 0.2) is 51.0 Å².